The molecule has 0 saturated carbocycles. The van der Waals surface area contributed by atoms with Gasteiger partial charge in [-0.2, -0.15) is 5.26 Å². The summed E-state index contributed by atoms with van der Waals surface area (Å²) in [6.07, 6.45) is 0. The number of methoxy groups -OCH3 is 2. The second-order valence-corrected chi connectivity index (χ2v) is 3.18. The molecule has 0 unspecified atom stereocenters. The van der Waals surface area contributed by atoms with Crippen LogP contribution in [0.5, 0.6) is 5.75 Å². The lowest BCUT2D eigenvalue weighted by Gasteiger charge is -2.06. The van der Waals surface area contributed by atoms with E-state index in [1.165, 1.54) is 19.2 Å². The van der Waals surface area contributed by atoms with Crippen molar-refractivity contribution in [1.82, 2.24) is 0 Å². The van der Waals surface area contributed by atoms with Gasteiger partial charge in [-0.25, -0.2) is 0 Å². The predicted octanol–water partition coefficient (Wildman–Crippen LogP) is 1.19. The fourth-order valence-electron chi connectivity index (χ4n) is 1.26. The van der Waals surface area contributed by atoms with Crippen LogP contribution in [0.15, 0.2) is 24.3 Å². The molecular weight excluding hydrogens is 222 g/mol. The number of Topliss-reactive ketones (excluding diaryl/α,β-unsaturated/α-hetero) is 1. The smallest absolute Gasteiger partial charge is 0.331 e. The molecule has 0 radical (unpaired) electrons. The van der Waals surface area contributed by atoms with Crippen molar-refractivity contribution < 1.29 is 19.1 Å². The number of nitriles is 1. The summed E-state index contributed by atoms with van der Waals surface area (Å²) in [7, 11) is 2.64. The van der Waals surface area contributed by atoms with Crippen LogP contribution < -0.4 is 4.74 Å². The second kappa shape index (κ2) is 5.66. The monoisotopic (exact) mass is 233 g/mol. The van der Waals surface area contributed by atoms with Gasteiger partial charge in [0.25, 0.3) is 0 Å². The molecule has 1 aromatic rings. The van der Waals surface area contributed by atoms with Gasteiger partial charge in [0.1, 0.15) is 5.75 Å². The summed E-state index contributed by atoms with van der Waals surface area (Å²) in [5.74, 6) is -2.27. The summed E-state index contributed by atoms with van der Waals surface area (Å²) in [6, 6.07) is 7.78. The van der Waals surface area contributed by atoms with Gasteiger partial charge in [0.2, 0.25) is 5.92 Å². The molecule has 5 heteroatoms. The molecule has 0 spiro atoms. The molecule has 0 saturated heterocycles. The lowest BCUT2D eigenvalue weighted by Crippen LogP contribution is -2.23. The highest BCUT2D eigenvalue weighted by molar-refractivity contribution is 6.10. The van der Waals surface area contributed by atoms with Crippen LogP contribution in [0.3, 0.4) is 0 Å². The Morgan fingerprint density at radius 2 is 1.82 bits per heavy atom. The van der Waals surface area contributed by atoms with E-state index in [2.05, 4.69) is 4.74 Å². The number of benzene rings is 1. The summed E-state index contributed by atoms with van der Waals surface area (Å²) in [5, 5.41) is 8.76. The van der Waals surface area contributed by atoms with E-state index >= 15 is 0 Å². The third kappa shape index (κ3) is 2.82. The van der Waals surface area contributed by atoms with E-state index in [-0.39, 0.29) is 5.56 Å². The van der Waals surface area contributed by atoms with Crippen molar-refractivity contribution in [2.75, 3.05) is 14.2 Å². The number of carbonyl (C=O) groups is 2. The van der Waals surface area contributed by atoms with Gasteiger partial charge in [0.15, 0.2) is 5.78 Å². The van der Waals surface area contributed by atoms with Gasteiger partial charge in [0.05, 0.1) is 20.3 Å². The minimum absolute atomic E-state index is 0.266. The fourth-order valence-corrected chi connectivity index (χ4v) is 1.26. The molecule has 88 valence electrons. The van der Waals surface area contributed by atoms with E-state index in [0.29, 0.717) is 5.75 Å². The third-order valence-corrected chi connectivity index (χ3v) is 2.20. The van der Waals surface area contributed by atoms with Crippen molar-refractivity contribution in [3.05, 3.63) is 29.8 Å². The van der Waals surface area contributed by atoms with Crippen LogP contribution in [0.1, 0.15) is 10.4 Å². The molecule has 0 N–H and O–H groups in total. The maximum atomic E-state index is 11.8. The number of hydrogen-bond acceptors (Lipinski definition) is 5. The molecule has 0 heterocycles. The Bertz CT molecular complexity index is 458. The van der Waals surface area contributed by atoms with Crippen molar-refractivity contribution in [3.63, 3.8) is 0 Å². The largest absolute Gasteiger partial charge is 0.497 e. The van der Waals surface area contributed by atoms with Crippen molar-refractivity contribution in [2.45, 2.75) is 0 Å². The predicted molar refractivity (Wildman–Crippen MR) is 58.4 cm³/mol. The van der Waals surface area contributed by atoms with Gasteiger partial charge < -0.3 is 9.47 Å². The molecule has 0 fully saturated rings. The minimum atomic E-state index is -1.42. The zero-order valence-electron chi connectivity index (χ0n) is 9.47. The molecular formula is C12H11NO4. The molecule has 1 aromatic carbocycles. The zero-order valence-corrected chi connectivity index (χ0v) is 9.47. The third-order valence-electron chi connectivity index (χ3n) is 2.20. The Morgan fingerprint density at radius 3 is 2.24 bits per heavy atom. The highest BCUT2D eigenvalue weighted by atomic mass is 16.5. The average Bonchev–Trinajstić information content (AvgIpc) is 2.39. The Kier molecular flexibility index (Phi) is 4.23. The van der Waals surface area contributed by atoms with Crippen LogP contribution in [0, 0.1) is 17.2 Å². The van der Waals surface area contributed by atoms with Crippen molar-refractivity contribution in [1.29, 1.82) is 5.26 Å². The van der Waals surface area contributed by atoms with E-state index in [9.17, 15) is 9.59 Å². The van der Waals surface area contributed by atoms with Crippen LogP contribution in [-0.2, 0) is 9.53 Å². The second-order valence-electron chi connectivity index (χ2n) is 3.18. The van der Waals surface area contributed by atoms with E-state index in [1.54, 1.807) is 18.2 Å². The first-order valence-corrected chi connectivity index (χ1v) is 4.79. The van der Waals surface area contributed by atoms with Gasteiger partial charge in [-0.3, -0.25) is 9.59 Å². The summed E-state index contributed by atoms with van der Waals surface area (Å²) in [6.45, 7) is 0. The number of carbonyl (C=O) groups excluding carboxylic acids is 2. The topological polar surface area (TPSA) is 76.4 Å². The Labute approximate surface area is 98.6 Å². The number of esters is 1. The highest BCUT2D eigenvalue weighted by Crippen LogP contribution is 2.15. The maximum absolute atomic E-state index is 11.8. The van der Waals surface area contributed by atoms with Crippen LogP contribution >= 0.6 is 0 Å². The molecule has 17 heavy (non-hydrogen) atoms. The first-order valence-electron chi connectivity index (χ1n) is 4.79. The lowest BCUT2D eigenvalue weighted by atomic mass is 9.99. The van der Waals surface area contributed by atoms with Crippen LogP contribution in [-0.4, -0.2) is 26.0 Å². The molecule has 5 nitrogen and oxygen atoms in total. The average molecular weight is 233 g/mol. The number of nitrogens with zero attached hydrogens (tertiary/aromatic N) is 1. The SMILES string of the molecule is COC(=O)[C@@H](C#N)C(=O)c1ccc(OC)cc1. The Morgan fingerprint density at radius 1 is 1.24 bits per heavy atom. The molecule has 1 atom stereocenters. The van der Waals surface area contributed by atoms with Crippen molar-refractivity contribution in [2.24, 2.45) is 5.92 Å². The highest BCUT2D eigenvalue weighted by Gasteiger charge is 2.28. The van der Waals surface area contributed by atoms with E-state index in [0.717, 1.165) is 7.11 Å². The summed E-state index contributed by atoms with van der Waals surface area (Å²) < 4.78 is 9.32. The number of hydrogen-bond donors (Lipinski definition) is 0. The van der Waals surface area contributed by atoms with E-state index in [1.807, 2.05) is 0 Å². The summed E-state index contributed by atoms with van der Waals surface area (Å²) in [5.41, 5.74) is 0.266. The van der Waals surface area contributed by atoms with Crippen molar-refractivity contribution >= 4 is 11.8 Å². The molecule has 0 aliphatic heterocycles. The van der Waals surface area contributed by atoms with Crippen molar-refractivity contribution in [3.8, 4) is 11.8 Å². The first-order chi connectivity index (χ1) is 8.13. The molecule has 0 bridgehead atoms. The van der Waals surface area contributed by atoms with Gasteiger partial charge >= 0.3 is 5.97 Å². The first kappa shape index (κ1) is 12.7. The van der Waals surface area contributed by atoms with Crippen LogP contribution in [0.25, 0.3) is 0 Å². The van der Waals surface area contributed by atoms with Gasteiger partial charge in [-0.15, -0.1) is 0 Å². The summed E-state index contributed by atoms with van der Waals surface area (Å²) in [4.78, 5) is 23.0. The van der Waals surface area contributed by atoms with Gasteiger partial charge in [0, 0.05) is 5.56 Å². The minimum Gasteiger partial charge on any atom is -0.497 e. The fraction of sp³-hybridized carbons (Fsp3) is 0.250. The van der Waals surface area contributed by atoms with Crippen LogP contribution in [0.4, 0.5) is 0 Å². The number of ether oxygens (including phenoxy) is 2. The van der Waals surface area contributed by atoms with Gasteiger partial charge in [-0.05, 0) is 24.3 Å². The Balaban J connectivity index is 2.95. The number of ketones is 1. The molecule has 0 aromatic heterocycles. The Hall–Kier alpha value is -2.35. The van der Waals surface area contributed by atoms with Gasteiger partial charge in [-0.1, -0.05) is 0 Å². The standard InChI is InChI=1S/C12H11NO4/c1-16-9-5-3-8(4-6-9)11(14)10(7-13)12(15)17-2/h3-6,10H,1-2H3/t10-/m0/s1. The molecule has 0 amide bonds. The summed E-state index contributed by atoms with van der Waals surface area (Å²) >= 11 is 0. The maximum Gasteiger partial charge on any atom is 0.331 e. The lowest BCUT2D eigenvalue weighted by molar-refractivity contribution is -0.141. The quantitative estimate of drug-likeness (QED) is 0.443. The molecule has 0 aliphatic carbocycles. The zero-order chi connectivity index (χ0) is 12.8. The number of rotatable bonds is 4. The van der Waals surface area contributed by atoms with E-state index in [4.69, 9.17) is 10.00 Å². The van der Waals surface area contributed by atoms with Crippen LogP contribution in [0.2, 0.25) is 0 Å². The van der Waals surface area contributed by atoms with E-state index < -0.39 is 17.7 Å². The molecule has 1 rings (SSSR count). The molecule has 0 aliphatic rings. The normalized spacial score (nSPS) is 11.1.